The first-order chi connectivity index (χ1) is 13.3. The number of hydrogen-bond acceptors (Lipinski definition) is 6. The van der Waals surface area contributed by atoms with E-state index in [0.29, 0.717) is 12.3 Å². The summed E-state index contributed by atoms with van der Waals surface area (Å²) in [4.78, 5) is 16.4. The molecular formula is C21H25N3O3S. The number of hydrogen-bond donors (Lipinski definition) is 0. The van der Waals surface area contributed by atoms with E-state index in [1.807, 2.05) is 40.5 Å². The number of rotatable bonds is 6. The number of benzene rings is 1. The molecule has 0 unspecified atom stereocenters. The van der Waals surface area contributed by atoms with Gasteiger partial charge in [0.05, 0.1) is 48.8 Å². The van der Waals surface area contributed by atoms with Crippen LogP contribution in [0.1, 0.15) is 33.4 Å². The maximum Gasteiger partial charge on any atom is 0.311 e. The molecule has 7 heteroatoms. The van der Waals surface area contributed by atoms with Gasteiger partial charge in [0.25, 0.3) is 0 Å². The van der Waals surface area contributed by atoms with Crippen LogP contribution in [0.15, 0.2) is 35.8 Å². The molecule has 0 saturated heterocycles. The van der Waals surface area contributed by atoms with Crippen LogP contribution in [0.5, 0.6) is 5.75 Å². The Balaban J connectivity index is 2.03. The van der Waals surface area contributed by atoms with Gasteiger partial charge in [-0.2, -0.15) is 5.10 Å². The smallest absolute Gasteiger partial charge is 0.311 e. The number of ether oxygens (including phenoxy) is 2. The highest BCUT2D eigenvalue weighted by atomic mass is 32.1. The van der Waals surface area contributed by atoms with Gasteiger partial charge in [0.1, 0.15) is 10.8 Å². The maximum atomic E-state index is 11.8. The summed E-state index contributed by atoms with van der Waals surface area (Å²) in [5.74, 6) is 0.540. The Morgan fingerprint density at radius 2 is 1.93 bits per heavy atom. The number of thiazole rings is 1. The number of esters is 1. The Morgan fingerprint density at radius 3 is 2.54 bits per heavy atom. The van der Waals surface area contributed by atoms with E-state index in [1.165, 1.54) is 11.3 Å². The second kappa shape index (κ2) is 8.14. The van der Waals surface area contributed by atoms with Gasteiger partial charge in [-0.25, -0.2) is 4.98 Å². The fraction of sp³-hybridized carbons (Fsp3) is 0.381. The normalized spacial score (nSPS) is 11.5. The lowest BCUT2D eigenvalue weighted by Crippen LogP contribution is -2.24. The third-order valence-corrected chi connectivity index (χ3v) is 5.11. The SMILES string of the molecule is CCOC(=O)Cc1csc(-c2cnn(C(C)(C)C)c2-c2ccc(OC)cc2)n1. The van der Waals surface area contributed by atoms with Crippen LogP contribution in [0.3, 0.4) is 0 Å². The van der Waals surface area contributed by atoms with Crippen molar-refractivity contribution < 1.29 is 14.3 Å². The zero-order valence-electron chi connectivity index (χ0n) is 16.9. The zero-order valence-corrected chi connectivity index (χ0v) is 17.7. The van der Waals surface area contributed by atoms with E-state index in [0.717, 1.165) is 27.6 Å². The van der Waals surface area contributed by atoms with Gasteiger partial charge in [-0.15, -0.1) is 11.3 Å². The van der Waals surface area contributed by atoms with Gasteiger partial charge in [0.2, 0.25) is 0 Å². The molecule has 0 radical (unpaired) electrons. The van der Waals surface area contributed by atoms with Gasteiger partial charge >= 0.3 is 5.97 Å². The predicted octanol–water partition coefficient (Wildman–Crippen LogP) is 4.54. The lowest BCUT2D eigenvalue weighted by atomic mass is 10.0. The molecule has 3 aromatic rings. The molecule has 0 bridgehead atoms. The third-order valence-electron chi connectivity index (χ3n) is 4.18. The van der Waals surface area contributed by atoms with E-state index in [-0.39, 0.29) is 17.9 Å². The summed E-state index contributed by atoms with van der Waals surface area (Å²) in [5.41, 5.74) is 3.49. The summed E-state index contributed by atoms with van der Waals surface area (Å²) in [6, 6.07) is 7.92. The van der Waals surface area contributed by atoms with Crippen LogP contribution in [-0.4, -0.2) is 34.5 Å². The zero-order chi connectivity index (χ0) is 20.3. The van der Waals surface area contributed by atoms with Crippen molar-refractivity contribution in [3.8, 4) is 27.6 Å². The van der Waals surface area contributed by atoms with Crippen molar-refractivity contribution in [2.45, 2.75) is 39.7 Å². The molecular weight excluding hydrogens is 374 g/mol. The van der Waals surface area contributed by atoms with Gasteiger partial charge in [0.15, 0.2) is 0 Å². The van der Waals surface area contributed by atoms with Gasteiger partial charge in [-0.05, 0) is 52.0 Å². The molecule has 0 saturated carbocycles. The summed E-state index contributed by atoms with van der Waals surface area (Å²) in [5, 5.41) is 7.38. The van der Waals surface area contributed by atoms with Gasteiger partial charge in [0, 0.05) is 10.9 Å². The molecule has 2 aromatic heterocycles. The van der Waals surface area contributed by atoms with Gasteiger partial charge in [-0.3, -0.25) is 9.48 Å². The lowest BCUT2D eigenvalue weighted by molar-refractivity contribution is -0.142. The molecule has 0 aliphatic rings. The molecule has 0 amide bonds. The molecule has 148 valence electrons. The molecule has 0 fully saturated rings. The molecule has 1 aromatic carbocycles. The topological polar surface area (TPSA) is 66.2 Å². The van der Waals surface area contributed by atoms with Crippen LogP contribution in [0, 0.1) is 0 Å². The van der Waals surface area contributed by atoms with Gasteiger partial charge in [-0.1, -0.05) is 0 Å². The van der Waals surface area contributed by atoms with Crippen molar-refractivity contribution in [1.82, 2.24) is 14.8 Å². The van der Waals surface area contributed by atoms with Crippen molar-refractivity contribution in [1.29, 1.82) is 0 Å². The molecule has 0 spiro atoms. The van der Waals surface area contributed by atoms with Gasteiger partial charge < -0.3 is 9.47 Å². The Hall–Kier alpha value is -2.67. The minimum atomic E-state index is -0.264. The summed E-state index contributed by atoms with van der Waals surface area (Å²) >= 11 is 1.51. The predicted molar refractivity (Wildman–Crippen MR) is 111 cm³/mol. The summed E-state index contributed by atoms with van der Waals surface area (Å²) < 4.78 is 12.3. The monoisotopic (exact) mass is 399 g/mol. The molecule has 0 aliphatic heterocycles. The third kappa shape index (κ3) is 4.25. The molecule has 2 heterocycles. The standard InChI is InChI=1S/C21H25N3O3S/c1-6-27-18(25)11-15-13-28-20(23-15)17-12-22-24(21(2,3)4)19(17)14-7-9-16(26-5)10-8-14/h7-10,12-13H,6,11H2,1-5H3. The van der Waals surface area contributed by atoms with Crippen LogP contribution in [0.25, 0.3) is 21.8 Å². The average molecular weight is 400 g/mol. The van der Waals surface area contributed by atoms with E-state index < -0.39 is 0 Å². The van der Waals surface area contributed by atoms with Crippen molar-refractivity contribution in [2.75, 3.05) is 13.7 Å². The number of methoxy groups -OCH3 is 1. The van der Waals surface area contributed by atoms with Crippen molar-refractivity contribution in [3.63, 3.8) is 0 Å². The minimum Gasteiger partial charge on any atom is -0.497 e. The second-order valence-electron chi connectivity index (χ2n) is 7.34. The molecule has 3 rings (SSSR count). The highest BCUT2D eigenvalue weighted by Gasteiger charge is 2.24. The van der Waals surface area contributed by atoms with Crippen molar-refractivity contribution in [3.05, 3.63) is 41.5 Å². The molecule has 0 N–H and O–H groups in total. The highest BCUT2D eigenvalue weighted by Crippen LogP contribution is 2.37. The molecule has 0 atom stereocenters. The largest absolute Gasteiger partial charge is 0.497 e. The first-order valence-electron chi connectivity index (χ1n) is 9.16. The molecule has 0 aliphatic carbocycles. The van der Waals surface area contributed by atoms with E-state index in [1.54, 1.807) is 14.0 Å². The number of carbonyl (C=O) groups excluding carboxylic acids is 1. The van der Waals surface area contributed by atoms with E-state index in [4.69, 9.17) is 9.47 Å². The Bertz CT molecular complexity index is 952. The Kier molecular flexibility index (Phi) is 5.84. The summed E-state index contributed by atoms with van der Waals surface area (Å²) in [6.45, 7) is 8.52. The van der Waals surface area contributed by atoms with Crippen LogP contribution < -0.4 is 4.74 Å². The van der Waals surface area contributed by atoms with Crippen LogP contribution in [0.2, 0.25) is 0 Å². The Morgan fingerprint density at radius 1 is 1.21 bits per heavy atom. The molecule has 6 nitrogen and oxygen atoms in total. The number of carbonyl (C=O) groups is 1. The first kappa shape index (κ1) is 20.1. The lowest BCUT2D eigenvalue weighted by Gasteiger charge is -2.23. The maximum absolute atomic E-state index is 11.8. The highest BCUT2D eigenvalue weighted by molar-refractivity contribution is 7.13. The fourth-order valence-electron chi connectivity index (χ4n) is 2.91. The first-order valence-corrected chi connectivity index (χ1v) is 10.0. The number of aromatic nitrogens is 3. The second-order valence-corrected chi connectivity index (χ2v) is 8.20. The van der Waals surface area contributed by atoms with Crippen LogP contribution in [-0.2, 0) is 21.5 Å². The minimum absolute atomic E-state index is 0.176. The average Bonchev–Trinajstić information content (AvgIpc) is 3.28. The van der Waals surface area contributed by atoms with Crippen LogP contribution in [0.4, 0.5) is 0 Å². The summed E-state index contributed by atoms with van der Waals surface area (Å²) in [7, 11) is 1.65. The van der Waals surface area contributed by atoms with Crippen molar-refractivity contribution >= 4 is 17.3 Å². The Labute approximate surface area is 169 Å². The van der Waals surface area contributed by atoms with E-state index in [9.17, 15) is 4.79 Å². The van der Waals surface area contributed by atoms with E-state index >= 15 is 0 Å². The fourth-order valence-corrected chi connectivity index (χ4v) is 3.74. The summed E-state index contributed by atoms with van der Waals surface area (Å²) in [6.07, 6.45) is 2.02. The molecule has 28 heavy (non-hydrogen) atoms. The number of nitrogens with zero attached hydrogens (tertiary/aromatic N) is 3. The van der Waals surface area contributed by atoms with Crippen LogP contribution >= 0.6 is 11.3 Å². The van der Waals surface area contributed by atoms with Crippen molar-refractivity contribution in [2.24, 2.45) is 0 Å². The van der Waals surface area contributed by atoms with E-state index in [2.05, 4.69) is 30.9 Å². The quantitative estimate of drug-likeness (QED) is 0.569.